The molecule has 1 saturated heterocycles. The van der Waals surface area contributed by atoms with Gasteiger partial charge in [0.15, 0.2) is 0 Å². The Morgan fingerprint density at radius 2 is 2.71 bits per heavy atom. The van der Waals surface area contributed by atoms with E-state index in [1.165, 1.54) is 0 Å². The molecular formula is C3H6N3O. The van der Waals surface area contributed by atoms with Crippen LogP contribution in [-0.2, 0) is 4.74 Å². The lowest BCUT2D eigenvalue weighted by Crippen LogP contribution is -2.14. The Bertz CT molecular complexity index is 82.2. The smallest absolute Gasteiger partial charge is 0.308 e. The predicted octanol–water partition coefficient (Wildman–Crippen LogP) is -0.840. The van der Waals surface area contributed by atoms with Gasteiger partial charge in [0.2, 0.25) is 0 Å². The molecule has 0 saturated carbocycles. The van der Waals surface area contributed by atoms with Gasteiger partial charge >= 0.3 is 6.02 Å². The molecule has 1 aliphatic rings. The monoisotopic (exact) mass is 100 g/mol. The molecule has 0 aromatic carbocycles. The van der Waals surface area contributed by atoms with Crippen molar-refractivity contribution in [3.63, 3.8) is 0 Å². The summed E-state index contributed by atoms with van der Waals surface area (Å²) in [5, 5.41) is 5.77. The van der Waals surface area contributed by atoms with E-state index in [9.17, 15) is 0 Å². The van der Waals surface area contributed by atoms with Crippen LogP contribution in [-0.4, -0.2) is 19.2 Å². The molecule has 1 radical (unpaired) electrons. The summed E-state index contributed by atoms with van der Waals surface area (Å²) < 4.78 is 4.75. The Morgan fingerprint density at radius 1 is 1.86 bits per heavy atom. The van der Waals surface area contributed by atoms with Crippen LogP contribution in [0.15, 0.2) is 5.10 Å². The quantitative estimate of drug-likeness (QED) is 0.403. The maximum Gasteiger partial charge on any atom is 0.308 e. The normalized spacial score (nSPS) is 24.3. The van der Waals surface area contributed by atoms with Crippen LogP contribution >= 0.6 is 0 Å². The van der Waals surface area contributed by atoms with Crippen molar-refractivity contribution in [3.05, 3.63) is 0 Å². The topological polar surface area (TPSA) is 57.4 Å². The Hall–Kier alpha value is -0.930. The van der Waals surface area contributed by atoms with Crippen LogP contribution in [0.25, 0.3) is 0 Å². The minimum Gasteiger partial charge on any atom is -0.462 e. The molecule has 0 aromatic heterocycles. The van der Waals surface area contributed by atoms with E-state index in [0.29, 0.717) is 12.6 Å². The first-order valence-corrected chi connectivity index (χ1v) is 2.04. The number of hydrogen-bond donors (Lipinski definition) is 1. The third-order valence-corrected chi connectivity index (χ3v) is 0.719. The molecule has 0 amide bonds. The molecule has 1 fully saturated rings. The van der Waals surface area contributed by atoms with Crippen molar-refractivity contribution in [2.75, 3.05) is 13.2 Å². The largest absolute Gasteiger partial charge is 0.462 e. The van der Waals surface area contributed by atoms with E-state index in [0.717, 1.165) is 6.54 Å². The molecule has 0 spiro atoms. The molecule has 2 N–H and O–H groups in total. The van der Waals surface area contributed by atoms with Crippen LogP contribution < -0.4 is 11.2 Å². The maximum absolute atomic E-state index is 6.40. The van der Waals surface area contributed by atoms with Gasteiger partial charge in [-0.1, -0.05) is 0 Å². The van der Waals surface area contributed by atoms with Gasteiger partial charge in [-0.3, -0.25) is 0 Å². The van der Waals surface area contributed by atoms with Crippen LogP contribution in [0.5, 0.6) is 0 Å². The van der Waals surface area contributed by atoms with Crippen molar-refractivity contribution >= 4 is 6.02 Å². The van der Waals surface area contributed by atoms with Gasteiger partial charge in [-0.15, -0.1) is 5.10 Å². The fourth-order valence-electron chi connectivity index (χ4n) is 0.429. The summed E-state index contributed by atoms with van der Waals surface area (Å²) in [4.78, 5) is 0. The molecule has 0 unspecified atom stereocenters. The molecule has 7 heavy (non-hydrogen) atoms. The average Bonchev–Trinajstić information content (AvgIpc) is 2.14. The molecule has 0 aliphatic carbocycles. The standard InChI is InChI=1S/C3H6N3O/c4-6-3-5-1-2-7-3/h4H,1-2H2,(H,5,6). The lowest BCUT2D eigenvalue weighted by atomic mass is 10.7. The maximum atomic E-state index is 6.40. The number of hydrogen-bond acceptors (Lipinski definition) is 2. The van der Waals surface area contributed by atoms with Crippen molar-refractivity contribution in [1.29, 1.82) is 0 Å². The number of ether oxygens (including phenoxy) is 1. The SMILES string of the molecule is [NH]N=C1NCCO1. The fraction of sp³-hybridized carbons (Fsp3) is 0.667. The van der Waals surface area contributed by atoms with Gasteiger partial charge in [0.1, 0.15) is 6.61 Å². The molecule has 4 heteroatoms. The van der Waals surface area contributed by atoms with Gasteiger partial charge in [0.25, 0.3) is 0 Å². The summed E-state index contributed by atoms with van der Waals surface area (Å²) in [6.07, 6.45) is 0. The zero-order valence-electron chi connectivity index (χ0n) is 3.77. The van der Waals surface area contributed by atoms with Crippen LogP contribution in [0.3, 0.4) is 0 Å². The third-order valence-electron chi connectivity index (χ3n) is 0.719. The van der Waals surface area contributed by atoms with Gasteiger partial charge in [0, 0.05) is 0 Å². The van der Waals surface area contributed by atoms with E-state index in [-0.39, 0.29) is 0 Å². The summed E-state index contributed by atoms with van der Waals surface area (Å²) in [6.45, 7) is 1.41. The molecule has 39 valence electrons. The first kappa shape index (κ1) is 4.23. The van der Waals surface area contributed by atoms with Crippen LogP contribution in [0.4, 0.5) is 0 Å². The van der Waals surface area contributed by atoms with Gasteiger partial charge in [-0.05, 0) is 0 Å². The van der Waals surface area contributed by atoms with E-state index < -0.39 is 0 Å². The van der Waals surface area contributed by atoms with E-state index in [1.54, 1.807) is 0 Å². The lowest BCUT2D eigenvalue weighted by Gasteiger charge is -1.88. The van der Waals surface area contributed by atoms with Gasteiger partial charge in [-0.25, -0.2) is 0 Å². The predicted molar refractivity (Wildman–Crippen MR) is 24.5 cm³/mol. The van der Waals surface area contributed by atoms with Crippen molar-refractivity contribution in [2.24, 2.45) is 5.10 Å². The van der Waals surface area contributed by atoms with Crippen molar-refractivity contribution in [1.82, 2.24) is 11.2 Å². The minimum atomic E-state index is 0.333. The summed E-state index contributed by atoms with van der Waals surface area (Å²) in [5.74, 6) is 6.40. The molecule has 0 aromatic rings. The van der Waals surface area contributed by atoms with Crippen molar-refractivity contribution in [3.8, 4) is 0 Å². The lowest BCUT2D eigenvalue weighted by molar-refractivity contribution is 0.351. The molecule has 1 heterocycles. The van der Waals surface area contributed by atoms with Gasteiger partial charge < -0.3 is 10.1 Å². The second kappa shape index (κ2) is 1.68. The molecule has 0 atom stereocenters. The fourth-order valence-corrected chi connectivity index (χ4v) is 0.429. The van der Waals surface area contributed by atoms with Crippen LogP contribution in [0.2, 0.25) is 0 Å². The second-order valence-electron chi connectivity index (χ2n) is 1.19. The van der Waals surface area contributed by atoms with E-state index >= 15 is 0 Å². The second-order valence-corrected chi connectivity index (χ2v) is 1.19. The Balaban J connectivity index is 2.41. The first-order chi connectivity index (χ1) is 3.43. The van der Waals surface area contributed by atoms with E-state index in [1.807, 2.05) is 0 Å². The summed E-state index contributed by atoms with van der Waals surface area (Å²) in [6, 6.07) is 0.333. The molecule has 0 bridgehead atoms. The molecule has 1 rings (SSSR count). The van der Waals surface area contributed by atoms with Gasteiger partial charge in [0.05, 0.1) is 6.54 Å². The van der Waals surface area contributed by atoms with Crippen molar-refractivity contribution < 1.29 is 4.74 Å². The number of amidine groups is 1. The first-order valence-electron chi connectivity index (χ1n) is 2.04. The summed E-state index contributed by atoms with van der Waals surface area (Å²) in [7, 11) is 0. The minimum absolute atomic E-state index is 0.333. The van der Waals surface area contributed by atoms with Crippen molar-refractivity contribution in [2.45, 2.75) is 0 Å². The van der Waals surface area contributed by atoms with E-state index in [2.05, 4.69) is 10.4 Å². The summed E-state index contributed by atoms with van der Waals surface area (Å²) in [5.41, 5.74) is 0. The Kier molecular flexibility index (Phi) is 1.02. The van der Waals surface area contributed by atoms with Crippen LogP contribution in [0, 0.1) is 0 Å². The zero-order valence-corrected chi connectivity index (χ0v) is 3.77. The highest BCUT2D eigenvalue weighted by Crippen LogP contribution is 1.83. The Labute approximate surface area is 41.3 Å². The third kappa shape index (κ3) is 0.734. The highest BCUT2D eigenvalue weighted by molar-refractivity contribution is 5.74. The molecular weight excluding hydrogens is 94.1 g/mol. The Morgan fingerprint density at radius 3 is 3.00 bits per heavy atom. The highest BCUT2D eigenvalue weighted by Gasteiger charge is 2.04. The van der Waals surface area contributed by atoms with E-state index in [4.69, 9.17) is 10.6 Å². The number of nitrogens with zero attached hydrogens (tertiary/aromatic N) is 1. The van der Waals surface area contributed by atoms with Crippen LogP contribution in [0.1, 0.15) is 0 Å². The molecule has 1 aliphatic heterocycles. The highest BCUT2D eigenvalue weighted by atomic mass is 16.5. The average molecular weight is 100 g/mol. The zero-order chi connectivity index (χ0) is 5.11. The number of rotatable bonds is 0. The molecule has 4 nitrogen and oxygen atoms in total. The van der Waals surface area contributed by atoms with Gasteiger partial charge in [-0.2, -0.15) is 5.84 Å². The number of nitrogens with one attached hydrogen (secondary N) is 2. The summed E-state index contributed by atoms with van der Waals surface area (Å²) >= 11 is 0.